The Morgan fingerprint density at radius 1 is 1.14 bits per heavy atom. The number of carbonyl (C=O) groups is 3. The average Bonchev–Trinajstić information content (AvgIpc) is 2.91. The highest BCUT2D eigenvalue weighted by Crippen LogP contribution is 2.14. The Balaban J connectivity index is 2.60. The van der Waals surface area contributed by atoms with Gasteiger partial charge in [0.2, 0.25) is 5.91 Å². The lowest BCUT2D eigenvalue weighted by Crippen LogP contribution is -2.51. The van der Waals surface area contributed by atoms with E-state index in [0.29, 0.717) is 19.5 Å². The predicted octanol–water partition coefficient (Wildman–Crippen LogP) is 0.324. The van der Waals surface area contributed by atoms with Crippen LogP contribution in [-0.2, 0) is 14.3 Å². The van der Waals surface area contributed by atoms with Crippen molar-refractivity contribution in [1.29, 1.82) is 0 Å². The number of hydrogen-bond donors (Lipinski definition) is 2. The molecule has 8 nitrogen and oxygen atoms in total. The summed E-state index contributed by atoms with van der Waals surface area (Å²) >= 11 is 0. The first-order chi connectivity index (χ1) is 9.88. The second kappa shape index (κ2) is 7.70. The smallest absolute Gasteiger partial charge is 0.407 e. The van der Waals surface area contributed by atoms with E-state index in [4.69, 9.17) is 0 Å². The van der Waals surface area contributed by atoms with Crippen molar-refractivity contribution in [1.82, 2.24) is 15.5 Å². The highest BCUT2D eigenvalue weighted by molar-refractivity contribution is 5.86. The van der Waals surface area contributed by atoms with Crippen LogP contribution in [0.15, 0.2) is 0 Å². The topological polar surface area (TPSA) is 97.0 Å². The number of nitrogens with one attached hydrogen (secondary N) is 2. The number of ether oxygens (including phenoxy) is 2. The number of hydrogen-bond acceptors (Lipinski definition) is 5. The first kappa shape index (κ1) is 17.1. The van der Waals surface area contributed by atoms with Crippen LogP contribution in [0.1, 0.15) is 20.3 Å². The molecule has 0 aliphatic carbocycles. The third-order valence-corrected chi connectivity index (χ3v) is 3.40. The second-order valence-corrected chi connectivity index (χ2v) is 5.26. The Labute approximate surface area is 124 Å². The molecule has 1 heterocycles. The zero-order chi connectivity index (χ0) is 16.0. The van der Waals surface area contributed by atoms with Gasteiger partial charge < -0.3 is 25.0 Å². The van der Waals surface area contributed by atoms with Gasteiger partial charge in [-0.05, 0) is 12.3 Å². The van der Waals surface area contributed by atoms with Crippen LogP contribution in [0.2, 0.25) is 0 Å². The van der Waals surface area contributed by atoms with E-state index in [1.165, 1.54) is 14.2 Å². The molecule has 0 bridgehead atoms. The fraction of sp³-hybridized carbons (Fsp3) is 0.769. The predicted molar refractivity (Wildman–Crippen MR) is 74.7 cm³/mol. The van der Waals surface area contributed by atoms with Crippen LogP contribution in [0.3, 0.4) is 0 Å². The molecule has 0 aromatic carbocycles. The Morgan fingerprint density at radius 2 is 1.76 bits per heavy atom. The molecule has 8 heteroatoms. The minimum absolute atomic E-state index is 0.0655. The molecule has 3 amide bonds. The quantitative estimate of drug-likeness (QED) is 0.779. The molecule has 21 heavy (non-hydrogen) atoms. The normalized spacial score (nSPS) is 19.1. The van der Waals surface area contributed by atoms with Gasteiger partial charge >= 0.3 is 12.2 Å². The lowest BCUT2D eigenvalue weighted by Gasteiger charge is -2.26. The van der Waals surface area contributed by atoms with Gasteiger partial charge in [-0.3, -0.25) is 4.79 Å². The Bertz CT molecular complexity index is 399. The van der Waals surface area contributed by atoms with Crippen LogP contribution in [0.25, 0.3) is 0 Å². The highest BCUT2D eigenvalue weighted by Gasteiger charge is 2.34. The summed E-state index contributed by atoms with van der Waals surface area (Å²) in [5.74, 6) is -0.242. The average molecular weight is 301 g/mol. The summed E-state index contributed by atoms with van der Waals surface area (Å²) in [5, 5.41) is 5.21. The van der Waals surface area contributed by atoms with Crippen LogP contribution in [0, 0.1) is 5.92 Å². The molecule has 1 saturated heterocycles. The van der Waals surface area contributed by atoms with E-state index in [9.17, 15) is 14.4 Å². The molecule has 1 rings (SSSR count). The van der Waals surface area contributed by atoms with E-state index >= 15 is 0 Å². The largest absolute Gasteiger partial charge is 0.453 e. The van der Waals surface area contributed by atoms with Crippen LogP contribution >= 0.6 is 0 Å². The highest BCUT2D eigenvalue weighted by atomic mass is 16.5. The molecule has 1 fully saturated rings. The van der Waals surface area contributed by atoms with Crippen LogP contribution < -0.4 is 10.6 Å². The number of amides is 3. The van der Waals surface area contributed by atoms with Crippen molar-refractivity contribution in [2.45, 2.75) is 32.4 Å². The number of carbonyl (C=O) groups excluding carboxylic acids is 3. The summed E-state index contributed by atoms with van der Waals surface area (Å²) in [6, 6.07) is -0.776. The number of methoxy groups -OCH3 is 2. The SMILES string of the molecule is COC(=O)N[C@H]1CCN(C(=O)[C@@H](NC(=O)OC)C(C)C)C1. The molecule has 0 radical (unpaired) electrons. The molecule has 0 unspecified atom stereocenters. The fourth-order valence-electron chi connectivity index (χ4n) is 2.20. The van der Waals surface area contributed by atoms with Gasteiger partial charge in [0.05, 0.1) is 20.3 Å². The van der Waals surface area contributed by atoms with Crippen molar-refractivity contribution in [3.05, 3.63) is 0 Å². The van der Waals surface area contributed by atoms with E-state index in [-0.39, 0.29) is 17.9 Å². The molecule has 2 N–H and O–H groups in total. The fourth-order valence-corrected chi connectivity index (χ4v) is 2.20. The molecule has 0 saturated carbocycles. The minimum Gasteiger partial charge on any atom is -0.453 e. The number of likely N-dealkylation sites (tertiary alicyclic amines) is 1. The summed E-state index contributed by atoms with van der Waals surface area (Å²) in [7, 11) is 2.55. The molecule has 2 atom stereocenters. The second-order valence-electron chi connectivity index (χ2n) is 5.26. The maximum absolute atomic E-state index is 12.5. The Morgan fingerprint density at radius 3 is 2.29 bits per heavy atom. The monoisotopic (exact) mass is 301 g/mol. The van der Waals surface area contributed by atoms with E-state index in [1.54, 1.807) is 4.90 Å². The van der Waals surface area contributed by atoms with Crippen LogP contribution in [-0.4, -0.2) is 62.4 Å². The van der Waals surface area contributed by atoms with Gasteiger partial charge in [0.25, 0.3) is 0 Å². The van der Waals surface area contributed by atoms with Crippen molar-refractivity contribution in [2.75, 3.05) is 27.3 Å². The molecular weight excluding hydrogens is 278 g/mol. The van der Waals surface area contributed by atoms with Crippen molar-refractivity contribution in [3.63, 3.8) is 0 Å². The van der Waals surface area contributed by atoms with E-state index in [2.05, 4.69) is 20.1 Å². The van der Waals surface area contributed by atoms with Crippen molar-refractivity contribution in [3.8, 4) is 0 Å². The molecule has 0 aromatic rings. The van der Waals surface area contributed by atoms with Gasteiger partial charge in [-0.2, -0.15) is 0 Å². The first-order valence-corrected chi connectivity index (χ1v) is 6.86. The molecule has 1 aliphatic heterocycles. The lowest BCUT2D eigenvalue weighted by molar-refractivity contribution is -0.133. The Kier molecular flexibility index (Phi) is 6.26. The zero-order valence-electron chi connectivity index (χ0n) is 12.8. The number of rotatable bonds is 4. The zero-order valence-corrected chi connectivity index (χ0v) is 12.8. The third kappa shape index (κ3) is 4.80. The van der Waals surface area contributed by atoms with Crippen molar-refractivity contribution >= 4 is 18.1 Å². The van der Waals surface area contributed by atoms with Crippen LogP contribution in [0.5, 0.6) is 0 Å². The van der Waals surface area contributed by atoms with Gasteiger partial charge in [-0.25, -0.2) is 9.59 Å². The maximum Gasteiger partial charge on any atom is 0.407 e. The van der Waals surface area contributed by atoms with E-state index in [1.807, 2.05) is 13.8 Å². The summed E-state index contributed by atoms with van der Waals surface area (Å²) in [6.45, 7) is 4.62. The summed E-state index contributed by atoms with van der Waals surface area (Å²) in [4.78, 5) is 36.6. The number of nitrogens with zero attached hydrogens (tertiary/aromatic N) is 1. The maximum atomic E-state index is 12.5. The standard InChI is InChI=1S/C13H23N3O5/c1-8(2)10(15-13(19)21-4)11(17)16-6-5-9(7-16)14-12(18)20-3/h8-10H,5-7H2,1-4H3,(H,14,18)(H,15,19)/t9-,10-/m0/s1. The number of alkyl carbamates (subject to hydrolysis) is 2. The van der Waals surface area contributed by atoms with Gasteiger partial charge in [0.1, 0.15) is 6.04 Å². The lowest BCUT2D eigenvalue weighted by atomic mass is 10.0. The van der Waals surface area contributed by atoms with Crippen LogP contribution in [0.4, 0.5) is 9.59 Å². The Hall–Kier alpha value is -1.99. The molecule has 1 aliphatic rings. The summed E-state index contributed by atoms with van der Waals surface area (Å²) < 4.78 is 9.07. The molecule has 0 aromatic heterocycles. The molecule has 120 valence electrons. The van der Waals surface area contributed by atoms with E-state index in [0.717, 1.165) is 0 Å². The summed E-state index contributed by atoms with van der Waals surface area (Å²) in [6.07, 6.45) is -0.489. The molecule has 0 spiro atoms. The van der Waals surface area contributed by atoms with Gasteiger partial charge in [-0.1, -0.05) is 13.8 Å². The van der Waals surface area contributed by atoms with E-state index < -0.39 is 18.2 Å². The summed E-state index contributed by atoms with van der Waals surface area (Å²) in [5.41, 5.74) is 0. The van der Waals surface area contributed by atoms with Gasteiger partial charge in [0, 0.05) is 13.1 Å². The van der Waals surface area contributed by atoms with Gasteiger partial charge in [0.15, 0.2) is 0 Å². The van der Waals surface area contributed by atoms with Crippen molar-refractivity contribution in [2.24, 2.45) is 5.92 Å². The van der Waals surface area contributed by atoms with Crippen molar-refractivity contribution < 1.29 is 23.9 Å². The minimum atomic E-state index is -0.644. The third-order valence-electron chi connectivity index (χ3n) is 3.40. The van der Waals surface area contributed by atoms with Gasteiger partial charge in [-0.15, -0.1) is 0 Å². The first-order valence-electron chi connectivity index (χ1n) is 6.86. The molecular formula is C13H23N3O5.